The molecule has 0 amide bonds. The molecule has 0 saturated heterocycles. The van der Waals surface area contributed by atoms with Crippen molar-refractivity contribution in [1.29, 1.82) is 0 Å². The second-order valence-electron chi connectivity index (χ2n) is 3.41. The normalized spacial score (nSPS) is 13.9. The van der Waals surface area contributed by atoms with Gasteiger partial charge in [0.05, 0.1) is 7.11 Å². The summed E-state index contributed by atoms with van der Waals surface area (Å²) in [6.45, 7) is 3.63. The van der Waals surface area contributed by atoms with E-state index in [4.69, 9.17) is 0 Å². The molecule has 0 aliphatic rings. The van der Waals surface area contributed by atoms with Crippen LogP contribution in [0.4, 0.5) is 0 Å². The van der Waals surface area contributed by atoms with Crippen LogP contribution in [0.15, 0.2) is 41.4 Å². The lowest BCUT2D eigenvalue weighted by molar-refractivity contribution is -0.163. The molecule has 1 rings (SSSR count). The van der Waals surface area contributed by atoms with Crippen LogP contribution in [0.2, 0.25) is 0 Å². The molecule has 0 aliphatic carbocycles. The third kappa shape index (κ3) is 2.71. The Morgan fingerprint density at radius 3 is 2.50 bits per heavy atom. The van der Waals surface area contributed by atoms with Gasteiger partial charge in [-0.3, -0.25) is 0 Å². The zero-order valence-electron chi connectivity index (χ0n) is 8.94. The maximum absolute atomic E-state index is 11.6. The number of ether oxygens (including phenoxy) is 1. The molecule has 1 N–H and O–H groups in total. The number of rotatable bonds is 4. The number of halogens is 1. The lowest BCUT2D eigenvalue weighted by Gasteiger charge is -2.25. The van der Waals surface area contributed by atoms with Gasteiger partial charge in [0.15, 0.2) is 5.60 Å². The Morgan fingerprint density at radius 1 is 1.50 bits per heavy atom. The molecule has 3 nitrogen and oxygen atoms in total. The van der Waals surface area contributed by atoms with Crippen molar-refractivity contribution in [3.63, 3.8) is 0 Å². The number of hydrogen-bond acceptors (Lipinski definition) is 3. The molecule has 0 saturated carbocycles. The van der Waals surface area contributed by atoms with Gasteiger partial charge in [0.1, 0.15) is 0 Å². The third-order valence-electron chi connectivity index (χ3n) is 2.22. The van der Waals surface area contributed by atoms with Crippen LogP contribution >= 0.6 is 15.9 Å². The first-order valence-corrected chi connectivity index (χ1v) is 5.49. The van der Waals surface area contributed by atoms with Gasteiger partial charge in [0, 0.05) is 6.42 Å². The predicted molar refractivity (Wildman–Crippen MR) is 65.0 cm³/mol. The van der Waals surface area contributed by atoms with E-state index in [0.29, 0.717) is 10.0 Å². The van der Waals surface area contributed by atoms with Crippen molar-refractivity contribution >= 4 is 21.9 Å². The summed E-state index contributed by atoms with van der Waals surface area (Å²) < 4.78 is 5.15. The Balaban J connectivity index is 3.14. The highest BCUT2D eigenvalue weighted by Gasteiger charge is 2.39. The molecule has 1 aromatic carbocycles. The first kappa shape index (κ1) is 12.9. The van der Waals surface area contributed by atoms with Crippen LogP contribution in [0.5, 0.6) is 0 Å². The number of benzene rings is 1. The topological polar surface area (TPSA) is 46.5 Å². The standard InChI is InChI=1S/C12H13BrO3/c1-9(13)8-12(15,11(14)16-2)10-6-4-3-5-7-10/h3-7,15H,1,8H2,2H3. The molecule has 0 fully saturated rings. The minimum atomic E-state index is -1.68. The Morgan fingerprint density at radius 2 is 2.06 bits per heavy atom. The Bertz CT molecular complexity index is 389. The van der Waals surface area contributed by atoms with Gasteiger partial charge in [0.2, 0.25) is 0 Å². The van der Waals surface area contributed by atoms with E-state index in [1.165, 1.54) is 7.11 Å². The van der Waals surface area contributed by atoms with Gasteiger partial charge in [0.25, 0.3) is 0 Å². The van der Waals surface area contributed by atoms with Crippen molar-refractivity contribution in [2.24, 2.45) is 0 Å². The van der Waals surface area contributed by atoms with Gasteiger partial charge in [-0.15, -0.1) is 0 Å². The summed E-state index contributed by atoms with van der Waals surface area (Å²) in [7, 11) is 1.24. The Labute approximate surface area is 103 Å². The molecule has 1 atom stereocenters. The fourth-order valence-corrected chi connectivity index (χ4v) is 1.86. The van der Waals surface area contributed by atoms with Crippen molar-refractivity contribution in [3.8, 4) is 0 Å². The summed E-state index contributed by atoms with van der Waals surface area (Å²) in [5.41, 5.74) is -1.20. The minimum absolute atomic E-state index is 0.0731. The van der Waals surface area contributed by atoms with Crippen molar-refractivity contribution < 1.29 is 14.6 Å². The number of methoxy groups -OCH3 is 1. The van der Waals surface area contributed by atoms with Crippen LogP contribution in [0.1, 0.15) is 12.0 Å². The average Bonchev–Trinajstić information content (AvgIpc) is 2.28. The monoisotopic (exact) mass is 284 g/mol. The van der Waals surface area contributed by atoms with Gasteiger partial charge >= 0.3 is 5.97 Å². The molecule has 0 aliphatic heterocycles. The third-order valence-corrected chi connectivity index (χ3v) is 2.50. The van der Waals surface area contributed by atoms with Crippen molar-refractivity contribution in [2.75, 3.05) is 7.11 Å². The zero-order valence-corrected chi connectivity index (χ0v) is 10.5. The number of carbonyl (C=O) groups is 1. The maximum atomic E-state index is 11.6. The van der Waals surface area contributed by atoms with E-state index in [1.807, 2.05) is 6.07 Å². The highest BCUT2D eigenvalue weighted by atomic mass is 79.9. The lowest BCUT2D eigenvalue weighted by atomic mass is 9.90. The molecule has 16 heavy (non-hydrogen) atoms. The fourth-order valence-electron chi connectivity index (χ4n) is 1.45. The largest absolute Gasteiger partial charge is 0.467 e. The summed E-state index contributed by atoms with van der Waals surface area (Å²) in [5.74, 6) is -0.695. The minimum Gasteiger partial charge on any atom is -0.467 e. The maximum Gasteiger partial charge on any atom is 0.342 e. The smallest absolute Gasteiger partial charge is 0.342 e. The highest BCUT2D eigenvalue weighted by Crippen LogP contribution is 2.31. The van der Waals surface area contributed by atoms with E-state index in [9.17, 15) is 9.90 Å². The summed E-state index contributed by atoms with van der Waals surface area (Å²) >= 11 is 3.14. The van der Waals surface area contributed by atoms with E-state index in [2.05, 4.69) is 27.2 Å². The van der Waals surface area contributed by atoms with Crippen LogP contribution in [-0.4, -0.2) is 18.2 Å². The molecule has 0 heterocycles. The SMILES string of the molecule is C=C(Br)CC(O)(C(=O)OC)c1ccccc1. The average molecular weight is 285 g/mol. The fraction of sp³-hybridized carbons (Fsp3) is 0.250. The van der Waals surface area contributed by atoms with E-state index in [-0.39, 0.29) is 6.42 Å². The molecule has 0 bridgehead atoms. The molecular weight excluding hydrogens is 272 g/mol. The molecular formula is C12H13BrO3. The van der Waals surface area contributed by atoms with E-state index < -0.39 is 11.6 Å². The number of hydrogen-bond donors (Lipinski definition) is 1. The van der Waals surface area contributed by atoms with Crippen LogP contribution < -0.4 is 0 Å². The molecule has 0 spiro atoms. The second-order valence-corrected chi connectivity index (χ2v) is 4.53. The predicted octanol–water partition coefficient (Wildman–Crippen LogP) is 2.35. The Kier molecular flexibility index (Phi) is 4.26. The van der Waals surface area contributed by atoms with Crippen molar-refractivity contribution in [2.45, 2.75) is 12.0 Å². The first-order valence-electron chi connectivity index (χ1n) is 4.70. The quantitative estimate of drug-likeness (QED) is 0.864. The van der Waals surface area contributed by atoms with Gasteiger partial charge in [-0.1, -0.05) is 52.8 Å². The molecule has 0 aromatic heterocycles. The molecule has 1 unspecified atom stereocenters. The number of aliphatic hydroxyl groups is 1. The number of esters is 1. The van der Waals surface area contributed by atoms with E-state index >= 15 is 0 Å². The molecule has 4 heteroatoms. The summed E-state index contributed by atoms with van der Waals surface area (Å²) in [6.07, 6.45) is 0.0731. The highest BCUT2D eigenvalue weighted by molar-refractivity contribution is 9.11. The van der Waals surface area contributed by atoms with Gasteiger partial charge < -0.3 is 9.84 Å². The van der Waals surface area contributed by atoms with Crippen LogP contribution in [0.25, 0.3) is 0 Å². The van der Waals surface area contributed by atoms with Crippen molar-refractivity contribution in [1.82, 2.24) is 0 Å². The van der Waals surface area contributed by atoms with Crippen LogP contribution in [0, 0.1) is 0 Å². The van der Waals surface area contributed by atoms with Crippen LogP contribution in [0.3, 0.4) is 0 Å². The first-order chi connectivity index (χ1) is 7.50. The van der Waals surface area contributed by atoms with Gasteiger partial charge in [-0.05, 0) is 10.0 Å². The summed E-state index contributed by atoms with van der Waals surface area (Å²) in [4.78, 5) is 11.6. The van der Waals surface area contributed by atoms with Gasteiger partial charge in [-0.25, -0.2) is 4.79 Å². The Hall–Kier alpha value is -1.13. The zero-order chi connectivity index (χ0) is 12.2. The van der Waals surface area contributed by atoms with E-state index in [1.54, 1.807) is 24.3 Å². The summed E-state index contributed by atoms with van der Waals surface area (Å²) in [6, 6.07) is 8.66. The number of carbonyl (C=O) groups excluding carboxylic acids is 1. The van der Waals surface area contributed by atoms with E-state index in [0.717, 1.165) is 0 Å². The van der Waals surface area contributed by atoms with Gasteiger partial charge in [-0.2, -0.15) is 0 Å². The lowest BCUT2D eigenvalue weighted by Crippen LogP contribution is -2.36. The second kappa shape index (κ2) is 5.27. The van der Waals surface area contributed by atoms with Crippen molar-refractivity contribution in [3.05, 3.63) is 47.0 Å². The molecule has 86 valence electrons. The molecule has 1 aromatic rings. The molecule has 0 radical (unpaired) electrons. The van der Waals surface area contributed by atoms with Crippen LogP contribution in [-0.2, 0) is 15.1 Å². The summed E-state index contributed by atoms with van der Waals surface area (Å²) in [5, 5.41) is 10.4.